The molecule has 1 fully saturated rings. The maximum atomic E-state index is 12.9. The van der Waals surface area contributed by atoms with Crippen molar-refractivity contribution in [2.75, 3.05) is 25.6 Å². The summed E-state index contributed by atoms with van der Waals surface area (Å²) in [7, 11) is -10.9. The Hall–Kier alpha value is -3.32. The summed E-state index contributed by atoms with van der Waals surface area (Å²) in [4.78, 5) is 61.9. The van der Waals surface area contributed by atoms with Crippen molar-refractivity contribution in [2.45, 2.75) is 199 Å². The molecule has 0 amide bonds. The van der Waals surface area contributed by atoms with Crippen molar-refractivity contribution in [3.05, 3.63) is 71.4 Å². The van der Waals surface area contributed by atoms with Crippen molar-refractivity contribution in [1.29, 1.82) is 0 Å². The van der Waals surface area contributed by atoms with Gasteiger partial charge in [0.2, 0.25) is 0 Å². The minimum atomic E-state index is -5.46. The number of phosphoric acid groups is 2. The number of hydrogen-bond acceptors (Lipinski definition) is 16. The van der Waals surface area contributed by atoms with Crippen molar-refractivity contribution in [3.63, 3.8) is 0 Å². The SMILES string of the molecule is CCCCC/C=C\C/C=C\C/C=C\C=C\[C@@H](O)CCCC(=O)OC[C@H](COP(=O)(O)OP(=O)(O)OC[C@H]1O[C@@H](n2ccc(N)nc2=O)[C@H](O)[C@@H]1O)OC(=O)CCCCCCCCCCCCC(C)CC. The monoisotopic (exact) mass is 1030 g/mol. The Morgan fingerprint density at radius 1 is 0.800 bits per heavy atom. The summed E-state index contributed by atoms with van der Waals surface area (Å²) < 4.78 is 56.6. The Balaban J connectivity index is 1.86. The van der Waals surface area contributed by atoms with Crippen LogP contribution in [-0.2, 0) is 46.3 Å². The number of allylic oxidation sites excluding steroid dienone is 7. The zero-order valence-electron chi connectivity index (χ0n) is 41.6. The molecule has 2 heterocycles. The molecule has 7 N–H and O–H groups in total. The Morgan fingerprint density at radius 2 is 1.43 bits per heavy atom. The van der Waals surface area contributed by atoms with Gasteiger partial charge in [-0.1, -0.05) is 153 Å². The molecule has 1 aromatic heterocycles. The number of nitrogens with two attached hydrogens (primary N) is 1. The molecule has 21 heteroatoms. The highest BCUT2D eigenvalue weighted by molar-refractivity contribution is 7.61. The lowest BCUT2D eigenvalue weighted by Crippen LogP contribution is -2.36. The van der Waals surface area contributed by atoms with Gasteiger partial charge in [0.05, 0.1) is 19.3 Å². The molecule has 3 unspecified atom stereocenters. The molecule has 1 aliphatic heterocycles. The van der Waals surface area contributed by atoms with Crippen LogP contribution in [0.5, 0.6) is 0 Å². The van der Waals surface area contributed by atoms with Gasteiger partial charge in [-0.25, -0.2) is 13.9 Å². The molecule has 1 aliphatic rings. The number of nitrogens with zero attached hydrogens (tertiary/aromatic N) is 2. The third-order valence-electron chi connectivity index (χ3n) is 11.6. The van der Waals surface area contributed by atoms with Gasteiger partial charge in [0.25, 0.3) is 0 Å². The van der Waals surface area contributed by atoms with Crippen LogP contribution < -0.4 is 11.4 Å². The number of aliphatic hydroxyl groups is 3. The highest BCUT2D eigenvalue weighted by Gasteiger charge is 2.46. The van der Waals surface area contributed by atoms with E-state index in [1.54, 1.807) is 12.2 Å². The van der Waals surface area contributed by atoms with E-state index >= 15 is 0 Å². The van der Waals surface area contributed by atoms with Crippen molar-refractivity contribution in [1.82, 2.24) is 9.55 Å². The van der Waals surface area contributed by atoms with Gasteiger partial charge in [-0.05, 0) is 56.9 Å². The first kappa shape index (κ1) is 62.8. The third-order valence-corrected chi connectivity index (χ3v) is 14.2. The minimum absolute atomic E-state index is 0.00979. The summed E-state index contributed by atoms with van der Waals surface area (Å²) >= 11 is 0. The van der Waals surface area contributed by atoms with Gasteiger partial charge >= 0.3 is 33.3 Å². The average Bonchev–Trinajstić information content (AvgIpc) is 3.59. The number of aromatic nitrogens is 2. The molecule has 9 atom stereocenters. The highest BCUT2D eigenvalue weighted by Crippen LogP contribution is 2.60. The van der Waals surface area contributed by atoms with Crippen LogP contribution in [0, 0.1) is 5.92 Å². The molecule has 0 radical (unpaired) electrons. The maximum absolute atomic E-state index is 12.9. The van der Waals surface area contributed by atoms with Crippen LogP contribution in [-0.4, -0.2) is 96.9 Å². The molecule has 0 aromatic carbocycles. The quantitative estimate of drug-likeness (QED) is 0.0117. The van der Waals surface area contributed by atoms with E-state index in [9.17, 15) is 48.6 Å². The zero-order chi connectivity index (χ0) is 51.6. The second kappa shape index (κ2) is 36.6. The Bertz CT molecular complexity index is 1890. The second-order valence-corrected chi connectivity index (χ2v) is 20.8. The Morgan fingerprint density at radius 3 is 2.10 bits per heavy atom. The molecule has 1 aromatic rings. The molecule has 70 heavy (non-hydrogen) atoms. The van der Waals surface area contributed by atoms with E-state index in [2.05, 4.69) is 54.4 Å². The number of esters is 2. The highest BCUT2D eigenvalue weighted by atomic mass is 31.3. The van der Waals surface area contributed by atoms with Gasteiger partial charge in [0.1, 0.15) is 30.7 Å². The van der Waals surface area contributed by atoms with E-state index in [4.69, 9.17) is 29.0 Å². The Kier molecular flexibility index (Phi) is 32.8. The number of anilines is 1. The lowest BCUT2D eigenvalue weighted by atomic mass is 9.99. The van der Waals surface area contributed by atoms with Crippen molar-refractivity contribution < 1.29 is 71.4 Å². The standard InChI is InChI=1S/C49H83N3O16P2/c1-4-6-7-8-9-10-11-12-13-17-20-23-26-30-40(53)31-28-33-44(54)63-36-41(66-45(55)32-27-24-21-18-15-14-16-19-22-25-29-39(3)5-2)37-64-69(59,60)68-70(61,62)65-38-42-46(56)47(57)48(67-42)52-35-34-43(50)51-49(52)58/h9-10,12-13,20,23,26,30,34-35,39-42,46-48,53,56-57H,4-8,11,14-19,21-22,24-25,27-29,31-33,36-38H2,1-3H3,(H,59,60)(H,61,62)(H2,50,51,58)/b10-9-,13-12-,23-20-,30-26+/t39?,40-,41-,42-,46-,47-,48-/m1/s1. The number of phosphoric ester groups is 2. The maximum Gasteiger partial charge on any atom is 0.481 e. The zero-order valence-corrected chi connectivity index (χ0v) is 43.4. The summed E-state index contributed by atoms with van der Waals surface area (Å²) in [5.41, 5.74) is 4.57. The lowest BCUT2D eigenvalue weighted by molar-refractivity contribution is -0.161. The second-order valence-electron chi connectivity index (χ2n) is 17.8. The van der Waals surface area contributed by atoms with Gasteiger partial charge in [-0.2, -0.15) is 9.29 Å². The molecular weight excluding hydrogens is 948 g/mol. The average molecular weight is 1030 g/mol. The normalized spacial score (nSPS) is 20.6. The van der Waals surface area contributed by atoms with Crippen LogP contribution in [0.4, 0.5) is 5.82 Å². The minimum Gasteiger partial charge on any atom is -0.462 e. The smallest absolute Gasteiger partial charge is 0.462 e. The van der Waals surface area contributed by atoms with Crippen LogP contribution >= 0.6 is 15.6 Å². The van der Waals surface area contributed by atoms with Crippen LogP contribution in [0.15, 0.2) is 65.7 Å². The van der Waals surface area contributed by atoms with E-state index in [-0.39, 0.29) is 31.5 Å². The summed E-state index contributed by atoms with van der Waals surface area (Å²) in [5, 5.41) is 31.2. The first-order valence-electron chi connectivity index (χ1n) is 25.2. The van der Waals surface area contributed by atoms with E-state index in [1.165, 1.54) is 70.3 Å². The fourth-order valence-electron chi connectivity index (χ4n) is 7.22. The van der Waals surface area contributed by atoms with Gasteiger partial charge in [-0.15, -0.1) is 0 Å². The van der Waals surface area contributed by atoms with Crippen molar-refractivity contribution in [2.24, 2.45) is 5.92 Å². The lowest BCUT2D eigenvalue weighted by Gasteiger charge is -2.21. The van der Waals surface area contributed by atoms with E-state index in [1.807, 2.05) is 12.2 Å². The van der Waals surface area contributed by atoms with Gasteiger partial charge in [0, 0.05) is 19.0 Å². The van der Waals surface area contributed by atoms with Crippen LogP contribution in [0.3, 0.4) is 0 Å². The number of nitrogen functional groups attached to an aromatic ring is 1. The topological polar surface area (TPSA) is 286 Å². The summed E-state index contributed by atoms with van der Waals surface area (Å²) in [6.07, 6.45) is 28.0. The van der Waals surface area contributed by atoms with E-state index in [0.29, 0.717) is 6.42 Å². The molecule has 0 spiro atoms. The molecular formula is C49H83N3O16P2. The van der Waals surface area contributed by atoms with Crippen LogP contribution in [0.1, 0.15) is 168 Å². The molecule has 0 bridgehead atoms. The molecule has 0 saturated carbocycles. The molecule has 19 nitrogen and oxygen atoms in total. The Labute approximate surface area is 414 Å². The van der Waals surface area contributed by atoms with E-state index < -0.39 is 89.8 Å². The predicted molar refractivity (Wildman–Crippen MR) is 267 cm³/mol. The number of ether oxygens (including phenoxy) is 3. The summed E-state index contributed by atoms with van der Waals surface area (Å²) in [5.74, 6) is -0.720. The summed E-state index contributed by atoms with van der Waals surface area (Å²) in [6, 6.07) is 1.24. The third kappa shape index (κ3) is 29.3. The largest absolute Gasteiger partial charge is 0.481 e. The van der Waals surface area contributed by atoms with Crippen LogP contribution in [0.25, 0.3) is 0 Å². The number of unbranched alkanes of at least 4 members (excludes halogenated alkanes) is 12. The number of carbonyl (C=O) groups excluding carboxylic acids is 2. The fraction of sp³-hybridized carbons (Fsp3) is 0.714. The van der Waals surface area contributed by atoms with E-state index in [0.717, 1.165) is 61.6 Å². The van der Waals surface area contributed by atoms with Crippen LogP contribution in [0.2, 0.25) is 0 Å². The van der Waals surface area contributed by atoms with Gasteiger partial charge in [0.15, 0.2) is 12.3 Å². The first-order chi connectivity index (χ1) is 33.5. The first-order valence-corrected chi connectivity index (χ1v) is 28.1. The number of carbonyl (C=O) groups is 2. The predicted octanol–water partition coefficient (Wildman–Crippen LogP) is 8.99. The molecule has 2 rings (SSSR count). The molecule has 0 aliphatic carbocycles. The number of aliphatic hydroxyl groups excluding tert-OH is 3. The molecule has 1 saturated heterocycles. The fourth-order valence-corrected chi connectivity index (χ4v) is 9.33. The van der Waals surface area contributed by atoms with Gasteiger partial charge in [-0.3, -0.25) is 23.2 Å². The molecule has 400 valence electrons. The number of rotatable bonds is 40. The van der Waals surface area contributed by atoms with Crippen molar-refractivity contribution >= 4 is 33.4 Å². The van der Waals surface area contributed by atoms with Gasteiger partial charge < -0.3 is 45.1 Å². The van der Waals surface area contributed by atoms with Crippen molar-refractivity contribution in [3.8, 4) is 0 Å². The number of hydrogen-bond donors (Lipinski definition) is 6. The summed E-state index contributed by atoms with van der Waals surface area (Å²) in [6.45, 7) is 4.24.